The van der Waals surface area contributed by atoms with Crippen molar-refractivity contribution in [2.45, 2.75) is 12.8 Å². The minimum absolute atomic E-state index is 0.123. The summed E-state index contributed by atoms with van der Waals surface area (Å²) >= 11 is 0. The number of hydrogen-bond donors (Lipinski definition) is 0. The fourth-order valence-electron chi connectivity index (χ4n) is 3.96. The Morgan fingerprint density at radius 2 is 1.09 bits per heavy atom. The van der Waals surface area contributed by atoms with Gasteiger partial charge in [0.2, 0.25) is 0 Å². The Hall–Kier alpha value is -3.73. The first-order valence-corrected chi connectivity index (χ1v) is 11.9. The molecule has 5 nitrogen and oxygen atoms in total. The molecule has 0 saturated heterocycles. The average Bonchev–Trinajstić information content (AvgIpc) is 2.85. The summed E-state index contributed by atoms with van der Waals surface area (Å²) < 4.78 is 5.24. The van der Waals surface area contributed by atoms with E-state index in [0.29, 0.717) is 18.7 Å². The topological polar surface area (TPSA) is 36.0 Å². The molecule has 0 aliphatic heterocycles. The van der Waals surface area contributed by atoms with E-state index in [9.17, 15) is 4.79 Å². The van der Waals surface area contributed by atoms with Gasteiger partial charge >= 0.3 is 5.97 Å². The van der Waals surface area contributed by atoms with Crippen molar-refractivity contribution in [1.82, 2.24) is 0 Å². The van der Waals surface area contributed by atoms with Crippen molar-refractivity contribution < 1.29 is 9.53 Å². The lowest BCUT2D eigenvalue weighted by Crippen LogP contribution is -2.24. The van der Waals surface area contributed by atoms with Crippen LogP contribution in [0.25, 0.3) is 0 Å². The molecule has 0 fully saturated rings. The van der Waals surface area contributed by atoms with E-state index in [-0.39, 0.29) is 11.9 Å². The summed E-state index contributed by atoms with van der Waals surface area (Å²) in [6.07, 6.45) is 0. The Balaban J connectivity index is 1.86. The fourth-order valence-corrected chi connectivity index (χ4v) is 3.96. The molecule has 0 heterocycles. The van der Waals surface area contributed by atoms with E-state index in [1.165, 1.54) is 28.1 Å². The lowest BCUT2D eigenvalue weighted by molar-refractivity contribution is -0.138. The molecule has 0 amide bonds. The first-order chi connectivity index (χ1) is 16.7. The van der Waals surface area contributed by atoms with Gasteiger partial charge in [0.25, 0.3) is 0 Å². The van der Waals surface area contributed by atoms with Gasteiger partial charge in [-0.1, -0.05) is 43.0 Å². The number of rotatable bonds is 10. The third kappa shape index (κ3) is 6.66. The van der Waals surface area contributed by atoms with Crippen LogP contribution in [-0.4, -0.2) is 54.4 Å². The Morgan fingerprint density at radius 1 is 0.714 bits per heavy atom. The molecule has 0 aliphatic carbocycles. The second kappa shape index (κ2) is 11.6. The van der Waals surface area contributed by atoms with E-state index in [0.717, 1.165) is 5.69 Å². The molecule has 0 aliphatic rings. The molecule has 0 aromatic heterocycles. The van der Waals surface area contributed by atoms with Crippen molar-refractivity contribution in [1.29, 1.82) is 0 Å². The van der Waals surface area contributed by atoms with Gasteiger partial charge in [-0.15, -0.1) is 0 Å². The number of anilines is 3. The maximum Gasteiger partial charge on any atom is 0.333 e. The first-order valence-electron chi connectivity index (χ1n) is 11.9. The van der Waals surface area contributed by atoms with E-state index in [1.807, 2.05) is 7.05 Å². The minimum atomic E-state index is -0.350. The van der Waals surface area contributed by atoms with Gasteiger partial charge in [-0.25, -0.2) is 4.79 Å². The molecule has 184 valence electrons. The average molecular weight is 472 g/mol. The first kappa shape index (κ1) is 25.9. The molecule has 0 N–H and O–H groups in total. The number of likely N-dealkylation sites (N-methyl/N-ethyl adjacent to an activating group) is 1. The number of hydrogen-bond acceptors (Lipinski definition) is 5. The summed E-state index contributed by atoms with van der Waals surface area (Å²) in [5, 5.41) is 0. The lowest BCUT2D eigenvalue weighted by Gasteiger charge is -2.23. The van der Waals surface area contributed by atoms with Crippen LogP contribution in [0.5, 0.6) is 0 Å². The van der Waals surface area contributed by atoms with Crippen LogP contribution in [0.1, 0.15) is 29.5 Å². The summed E-state index contributed by atoms with van der Waals surface area (Å²) in [5.74, 6) is -0.226. The maximum atomic E-state index is 11.6. The predicted molar refractivity (Wildman–Crippen MR) is 148 cm³/mol. The molecule has 5 heteroatoms. The molecular formula is C30H37N3O2. The van der Waals surface area contributed by atoms with Crippen LogP contribution >= 0.6 is 0 Å². The highest BCUT2D eigenvalue weighted by Crippen LogP contribution is 2.34. The summed E-state index contributed by atoms with van der Waals surface area (Å²) in [5.41, 5.74) is 7.58. The molecular weight excluding hydrogens is 434 g/mol. The highest BCUT2D eigenvalue weighted by Gasteiger charge is 2.18. The molecule has 0 unspecified atom stereocenters. The van der Waals surface area contributed by atoms with Crippen molar-refractivity contribution in [3.05, 3.63) is 102 Å². The maximum absolute atomic E-state index is 11.6. The second-order valence-electron chi connectivity index (χ2n) is 9.33. The second-order valence-corrected chi connectivity index (χ2v) is 9.33. The molecule has 0 saturated carbocycles. The number of esters is 1. The van der Waals surface area contributed by atoms with E-state index in [1.54, 1.807) is 6.92 Å². The van der Waals surface area contributed by atoms with Gasteiger partial charge in [-0.2, -0.15) is 0 Å². The highest BCUT2D eigenvalue weighted by molar-refractivity contribution is 5.86. The summed E-state index contributed by atoms with van der Waals surface area (Å²) in [6.45, 7) is 6.21. The summed E-state index contributed by atoms with van der Waals surface area (Å²) in [4.78, 5) is 17.9. The standard InChI is InChI=1S/C30H37N3O2/c1-22(2)30(34)35-21-20-33(7)28-18-12-25(13-19-28)29(23-8-14-26(15-9-23)31(3)4)24-10-16-27(17-11-24)32(5)6/h8-19,29H,1,20-21H2,2-7H3. The Bertz CT molecular complexity index is 1070. The van der Waals surface area contributed by atoms with Gasteiger partial charge in [0.05, 0.1) is 6.54 Å². The van der Waals surface area contributed by atoms with Crippen LogP contribution in [0, 0.1) is 0 Å². The molecule has 0 radical (unpaired) electrons. The van der Waals surface area contributed by atoms with Crippen LogP contribution in [0.15, 0.2) is 84.9 Å². The fraction of sp³-hybridized carbons (Fsp3) is 0.300. The number of benzene rings is 3. The van der Waals surface area contributed by atoms with E-state index in [2.05, 4.69) is 122 Å². The number of carbonyl (C=O) groups is 1. The van der Waals surface area contributed by atoms with Crippen molar-refractivity contribution in [2.24, 2.45) is 0 Å². The predicted octanol–water partition coefficient (Wildman–Crippen LogP) is 5.55. The quantitative estimate of drug-likeness (QED) is 0.220. The van der Waals surface area contributed by atoms with E-state index >= 15 is 0 Å². The summed E-state index contributed by atoms with van der Waals surface area (Å²) in [6, 6.07) is 26.2. The van der Waals surface area contributed by atoms with E-state index in [4.69, 9.17) is 4.74 Å². The molecule has 35 heavy (non-hydrogen) atoms. The number of nitrogens with zero attached hydrogens (tertiary/aromatic N) is 3. The van der Waals surface area contributed by atoms with Crippen molar-refractivity contribution in [3.8, 4) is 0 Å². The van der Waals surface area contributed by atoms with Crippen LogP contribution < -0.4 is 14.7 Å². The zero-order valence-electron chi connectivity index (χ0n) is 21.8. The van der Waals surface area contributed by atoms with Gasteiger partial charge < -0.3 is 19.4 Å². The van der Waals surface area contributed by atoms with Gasteiger partial charge in [-0.05, 0) is 60.0 Å². The van der Waals surface area contributed by atoms with Crippen LogP contribution in [-0.2, 0) is 9.53 Å². The smallest absolute Gasteiger partial charge is 0.333 e. The van der Waals surface area contributed by atoms with Gasteiger partial charge in [-0.3, -0.25) is 0 Å². The Morgan fingerprint density at radius 3 is 1.43 bits per heavy atom. The number of ether oxygens (including phenoxy) is 1. The highest BCUT2D eigenvalue weighted by atomic mass is 16.5. The molecule has 0 spiro atoms. The SMILES string of the molecule is C=C(C)C(=O)OCCN(C)c1ccc(C(c2ccc(N(C)C)cc2)c2ccc(N(C)C)cc2)cc1. The third-order valence-corrected chi connectivity index (χ3v) is 6.16. The van der Waals surface area contributed by atoms with Gasteiger partial charge in [0.15, 0.2) is 0 Å². The van der Waals surface area contributed by atoms with Crippen molar-refractivity contribution in [2.75, 3.05) is 63.1 Å². The molecule has 3 aromatic carbocycles. The largest absolute Gasteiger partial charge is 0.460 e. The van der Waals surface area contributed by atoms with Crippen molar-refractivity contribution in [3.63, 3.8) is 0 Å². The van der Waals surface area contributed by atoms with Crippen LogP contribution in [0.4, 0.5) is 17.1 Å². The Kier molecular flexibility index (Phi) is 8.58. The zero-order valence-corrected chi connectivity index (χ0v) is 21.8. The monoisotopic (exact) mass is 471 g/mol. The Labute approximate surface area is 210 Å². The molecule has 3 rings (SSSR count). The van der Waals surface area contributed by atoms with Crippen LogP contribution in [0.3, 0.4) is 0 Å². The van der Waals surface area contributed by atoms with Gasteiger partial charge in [0.1, 0.15) is 6.61 Å². The molecule has 0 atom stereocenters. The van der Waals surface area contributed by atoms with Gasteiger partial charge in [0, 0.05) is 63.8 Å². The zero-order chi connectivity index (χ0) is 25.5. The summed E-state index contributed by atoms with van der Waals surface area (Å²) in [7, 11) is 10.2. The van der Waals surface area contributed by atoms with Crippen LogP contribution in [0.2, 0.25) is 0 Å². The normalized spacial score (nSPS) is 10.7. The third-order valence-electron chi connectivity index (χ3n) is 6.16. The number of carbonyl (C=O) groups excluding carboxylic acids is 1. The van der Waals surface area contributed by atoms with E-state index < -0.39 is 0 Å². The van der Waals surface area contributed by atoms with Crippen molar-refractivity contribution >= 4 is 23.0 Å². The minimum Gasteiger partial charge on any atom is -0.460 e. The molecule has 3 aromatic rings. The molecule has 0 bridgehead atoms. The lowest BCUT2D eigenvalue weighted by atomic mass is 9.85.